The number of benzene rings is 1. The van der Waals surface area contributed by atoms with Gasteiger partial charge in [-0.15, -0.1) is 0 Å². The molecule has 0 unspecified atom stereocenters. The van der Waals surface area contributed by atoms with Crippen LogP contribution in [-0.4, -0.2) is 17.7 Å². The molecule has 5 heteroatoms. The number of hydrogen-bond donors (Lipinski definition) is 2. The van der Waals surface area contributed by atoms with E-state index in [1.54, 1.807) is 6.07 Å². The third-order valence-electron chi connectivity index (χ3n) is 2.24. The number of amides is 1. The van der Waals surface area contributed by atoms with Gasteiger partial charge in [0.25, 0.3) is 0 Å². The number of carbonyl (C=O) groups is 1. The molecule has 0 aliphatic heterocycles. The van der Waals surface area contributed by atoms with E-state index in [-0.39, 0.29) is 12.2 Å². The Hall–Kier alpha value is -1.62. The van der Waals surface area contributed by atoms with Crippen LogP contribution < -0.4 is 10.2 Å². The van der Waals surface area contributed by atoms with Crippen LogP contribution in [0.25, 0.3) is 0 Å². The highest BCUT2D eigenvalue weighted by atomic mass is 19.1. The molecule has 0 bridgehead atoms. The molecule has 1 amide bonds. The maximum Gasteiger partial charge on any atom is 0.247 e. The summed E-state index contributed by atoms with van der Waals surface area (Å²) in [4.78, 5) is 10.9. The van der Waals surface area contributed by atoms with Gasteiger partial charge in [0.05, 0.1) is 13.0 Å². The minimum absolute atomic E-state index is 0.0668. The summed E-state index contributed by atoms with van der Waals surface area (Å²) in [5.41, 5.74) is 1.98. The first-order valence-electron chi connectivity index (χ1n) is 5.51. The lowest BCUT2D eigenvalue weighted by Gasteiger charge is -2.07. The summed E-state index contributed by atoms with van der Waals surface area (Å²) in [5.74, 6) is -0.889. The maximum atomic E-state index is 13.5. The summed E-state index contributed by atoms with van der Waals surface area (Å²) in [6.07, 6.45) is 1.78. The third kappa shape index (κ3) is 4.40. The van der Waals surface area contributed by atoms with E-state index in [0.29, 0.717) is 12.2 Å². The molecule has 1 aromatic carbocycles. The predicted octanol–water partition coefficient (Wildman–Crippen LogP) is 2.05. The number of halogens is 1. The van der Waals surface area contributed by atoms with Gasteiger partial charge in [0, 0.05) is 0 Å². The fourth-order valence-electron chi connectivity index (χ4n) is 1.32. The molecule has 0 aliphatic rings. The summed E-state index contributed by atoms with van der Waals surface area (Å²) in [7, 11) is 0. The topological polar surface area (TPSA) is 58.6 Å². The van der Waals surface area contributed by atoms with Gasteiger partial charge < -0.3 is 4.74 Å². The number of nitrogens with one attached hydrogen (secondary N) is 1. The van der Waals surface area contributed by atoms with E-state index < -0.39 is 11.7 Å². The van der Waals surface area contributed by atoms with E-state index in [0.717, 1.165) is 12.8 Å². The second-order valence-corrected chi connectivity index (χ2v) is 3.68. The average Bonchev–Trinajstić information content (AvgIpc) is 2.32. The quantitative estimate of drug-likeness (QED) is 0.455. The fraction of sp³-hybridized carbons (Fsp3) is 0.417. The smallest absolute Gasteiger partial charge is 0.247 e. The van der Waals surface area contributed by atoms with Crippen LogP contribution in [0.5, 0.6) is 5.75 Å². The highest BCUT2D eigenvalue weighted by molar-refractivity contribution is 5.77. The molecule has 0 aliphatic carbocycles. The van der Waals surface area contributed by atoms with Gasteiger partial charge in [-0.2, -0.15) is 0 Å². The summed E-state index contributed by atoms with van der Waals surface area (Å²) in [6, 6.07) is 4.32. The lowest BCUT2D eigenvalue weighted by Crippen LogP contribution is -2.20. The summed E-state index contributed by atoms with van der Waals surface area (Å²) < 4.78 is 18.8. The highest BCUT2D eigenvalue weighted by Crippen LogP contribution is 2.19. The molecule has 0 saturated carbocycles. The molecule has 94 valence electrons. The molecule has 0 saturated heterocycles. The molecular formula is C12H16FNO3. The van der Waals surface area contributed by atoms with Crippen LogP contribution in [-0.2, 0) is 11.2 Å². The lowest BCUT2D eigenvalue weighted by molar-refractivity contribution is -0.128. The zero-order valence-corrected chi connectivity index (χ0v) is 9.70. The van der Waals surface area contributed by atoms with Crippen LogP contribution in [0, 0.1) is 5.82 Å². The molecule has 0 atom stereocenters. The van der Waals surface area contributed by atoms with Crippen molar-refractivity contribution in [1.82, 2.24) is 5.48 Å². The van der Waals surface area contributed by atoms with E-state index in [9.17, 15) is 9.18 Å². The SMILES string of the molecule is CCCCOc1ccc(CC(=O)NO)cc1F. The fourth-order valence-corrected chi connectivity index (χ4v) is 1.32. The monoisotopic (exact) mass is 241 g/mol. The second kappa shape index (κ2) is 6.85. The minimum Gasteiger partial charge on any atom is -0.491 e. The number of rotatable bonds is 6. The molecule has 0 spiro atoms. The van der Waals surface area contributed by atoms with Gasteiger partial charge >= 0.3 is 0 Å². The average molecular weight is 241 g/mol. The van der Waals surface area contributed by atoms with Crippen LogP contribution in [0.4, 0.5) is 4.39 Å². The Morgan fingerprint density at radius 2 is 2.29 bits per heavy atom. The van der Waals surface area contributed by atoms with Crippen molar-refractivity contribution >= 4 is 5.91 Å². The largest absolute Gasteiger partial charge is 0.491 e. The van der Waals surface area contributed by atoms with Gasteiger partial charge in [0.2, 0.25) is 5.91 Å². The van der Waals surface area contributed by atoms with Crippen molar-refractivity contribution < 1.29 is 19.1 Å². The Bertz CT molecular complexity index is 382. The molecule has 1 rings (SSSR count). The zero-order valence-electron chi connectivity index (χ0n) is 9.70. The molecule has 0 fully saturated rings. The molecule has 0 heterocycles. The van der Waals surface area contributed by atoms with Crippen molar-refractivity contribution in [1.29, 1.82) is 0 Å². The van der Waals surface area contributed by atoms with Crippen LogP contribution in [0.3, 0.4) is 0 Å². The Kier molecular flexibility index (Phi) is 5.42. The number of ether oxygens (including phenoxy) is 1. The van der Waals surface area contributed by atoms with Crippen LogP contribution in [0.1, 0.15) is 25.3 Å². The van der Waals surface area contributed by atoms with Crippen molar-refractivity contribution in [2.24, 2.45) is 0 Å². The van der Waals surface area contributed by atoms with Crippen molar-refractivity contribution in [3.63, 3.8) is 0 Å². The first kappa shape index (κ1) is 13.4. The van der Waals surface area contributed by atoms with E-state index >= 15 is 0 Å². The number of unbranched alkanes of at least 4 members (excludes halogenated alkanes) is 1. The van der Waals surface area contributed by atoms with Crippen molar-refractivity contribution in [3.05, 3.63) is 29.6 Å². The van der Waals surface area contributed by atoms with Crippen LogP contribution >= 0.6 is 0 Å². The Balaban J connectivity index is 2.62. The predicted molar refractivity (Wildman–Crippen MR) is 60.4 cm³/mol. The number of hydrogen-bond acceptors (Lipinski definition) is 3. The summed E-state index contributed by atoms with van der Waals surface area (Å²) >= 11 is 0. The standard InChI is InChI=1S/C12H16FNO3/c1-2-3-6-17-11-5-4-9(7-10(11)13)8-12(15)14-16/h4-5,7,16H,2-3,6,8H2,1H3,(H,14,15). The molecule has 2 N–H and O–H groups in total. The third-order valence-corrected chi connectivity index (χ3v) is 2.24. The molecule has 1 aromatic rings. The second-order valence-electron chi connectivity index (χ2n) is 3.68. The molecule has 0 aromatic heterocycles. The number of hydroxylamine groups is 1. The minimum atomic E-state index is -0.580. The Labute approximate surface area is 99.4 Å². The Morgan fingerprint density at radius 3 is 2.88 bits per heavy atom. The molecular weight excluding hydrogens is 225 g/mol. The summed E-state index contributed by atoms with van der Waals surface area (Å²) in [6.45, 7) is 2.50. The van der Waals surface area contributed by atoms with E-state index in [4.69, 9.17) is 9.94 Å². The molecule has 4 nitrogen and oxygen atoms in total. The first-order valence-corrected chi connectivity index (χ1v) is 5.51. The Morgan fingerprint density at radius 1 is 1.53 bits per heavy atom. The van der Waals surface area contributed by atoms with Gasteiger partial charge in [0.15, 0.2) is 11.6 Å². The van der Waals surface area contributed by atoms with Gasteiger partial charge in [-0.1, -0.05) is 19.4 Å². The van der Waals surface area contributed by atoms with Crippen LogP contribution in [0.15, 0.2) is 18.2 Å². The number of carbonyl (C=O) groups excluding carboxylic acids is 1. The lowest BCUT2D eigenvalue weighted by atomic mass is 10.1. The van der Waals surface area contributed by atoms with Gasteiger partial charge in [-0.25, -0.2) is 9.87 Å². The normalized spacial score (nSPS) is 10.1. The maximum absolute atomic E-state index is 13.5. The molecule has 17 heavy (non-hydrogen) atoms. The van der Waals surface area contributed by atoms with Crippen LogP contribution in [0.2, 0.25) is 0 Å². The van der Waals surface area contributed by atoms with Gasteiger partial charge in [-0.05, 0) is 24.1 Å². The van der Waals surface area contributed by atoms with E-state index in [1.165, 1.54) is 17.6 Å². The van der Waals surface area contributed by atoms with Crippen molar-refractivity contribution in [2.45, 2.75) is 26.2 Å². The van der Waals surface area contributed by atoms with Gasteiger partial charge in [-0.3, -0.25) is 10.0 Å². The van der Waals surface area contributed by atoms with E-state index in [1.807, 2.05) is 6.92 Å². The summed E-state index contributed by atoms with van der Waals surface area (Å²) in [5, 5.41) is 8.35. The van der Waals surface area contributed by atoms with Gasteiger partial charge in [0.1, 0.15) is 0 Å². The first-order chi connectivity index (χ1) is 8.17. The van der Waals surface area contributed by atoms with Crippen molar-refractivity contribution in [3.8, 4) is 5.75 Å². The van der Waals surface area contributed by atoms with Crippen molar-refractivity contribution in [2.75, 3.05) is 6.61 Å². The van der Waals surface area contributed by atoms with E-state index in [2.05, 4.69) is 0 Å². The zero-order chi connectivity index (χ0) is 12.7. The molecule has 0 radical (unpaired) electrons. The highest BCUT2D eigenvalue weighted by Gasteiger charge is 2.07.